The van der Waals surface area contributed by atoms with Crippen molar-refractivity contribution in [3.8, 4) is 0 Å². The van der Waals surface area contributed by atoms with E-state index in [1.54, 1.807) is 4.90 Å². The van der Waals surface area contributed by atoms with Gasteiger partial charge in [-0.2, -0.15) is 4.98 Å². The lowest BCUT2D eigenvalue weighted by atomic mass is 10.2. The molecule has 0 radical (unpaired) electrons. The number of nitrogens with one attached hydrogen (secondary N) is 1. The Kier molecular flexibility index (Phi) is 5.76. The molecule has 0 aliphatic carbocycles. The van der Waals surface area contributed by atoms with Crippen LogP contribution in [0.4, 0.5) is 16.6 Å². The number of nitrogens with zero attached hydrogens (tertiary/aromatic N) is 4. The number of rotatable bonds is 5. The Balaban J connectivity index is 1.50. The second-order valence-corrected chi connectivity index (χ2v) is 7.08. The molecule has 8 nitrogen and oxygen atoms in total. The summed E-state index contributed by atoms with van der Waals surface area (Å²) in [6, 6.07) is 8.03. The highest BCUT2D eigenvalue weighted by Crippen LogP contribution is 2.25. The van der Waals surface area contributed by atoms with E-state index in [9.17, 15) is 4.79 Å². The topological polar surface area (TPSA) is 79.8 Å². The predicted molar refractivity (Wildman–Crippen MR) is 108 cm³/mol. The van der Waals surface area contributed by atoms with Crippen molar-refractivity contribution in [1.29, 1.82) is 0 Å². The van der Waals surface area contributed by atoms with Crippen LogP contribution < -0.4 is 10.2 Å². The van der Waals surface area contributed by atoms with E-state index < -0.39 is 0 Å². The number of para-hydroxylation sites is 1. The summed E-state index contributed by atoms with van der Waals surface area (Å²) in [5.41, 5.74) is 0.912. The number of ether oxygens (including phenoxy) is 2. The molecule has 1 atom stereocenters. The van der Waals surface area contributed by atoms with Gasteiger partial charge < -0.3 is 24.6 Å². The third kappa shape index (κ3) is 4.11. The Morgan fingerprint density at radius 1 is 1.25 bits per heavy atom. The highest BCUT2D eigenvalue weighted by atomic mass is 16.6. The molecule has 4 rings (SSSR count). The highest BCUT2D eigenvalue weighted by Gasteiger charge is 2.24. The van der Waals surface area contributed by atoms with Crippen LogP contribution in [0.2, 0.25) is 0 Å². The van der Waals surface area contributed by atoms with Gasteiger partial charge in [0.2, 0.25) is 5.95 Å². The second kappa shape index (κ2) is 8.60. The van der Waals surface area contributed by atoms with Crippen molar-refractivity contribution in [1.82, 2.24) is 14.9 Å². The maximum absolute atomic E-state index is 11.9. The number of anilines is 2. The van der Waals surface area contributed by atoms with Gasteiger partial charge in [0.25, 0.3) is 0 Å². The van der Waals surface area contributed by atoms with E-state index in [4.69, 9.17) is 19.4 Å². The van der Waals surface area contributed by atoms with E-state index in [1.165, 1.54) is 0 Å². The van der Waals surface area contributed by atoms with Crippen LogP contribution in [0, 0.1) is 0 Å². The van der Waals surface area contributed by atoms with E-state index in [0.717, 1.165) is 42.7 Å². The van der Waals surface area contributed by atoms with Crippen molar-refractivity contribution >= 4 is 28.8 Å². The largest absolute Gasteiger partial charge is 0.450 e. The van der Waals surface area contributed by atoms with E-state index in [2.05, 4.69) is 10.2 Å². The maximum atomic E-state index is 11.9. The number of hydrogen-bond donors (Lipinski definition) is 1. The Hall–Kier alpha value is -2.61. The van der Waals surface area contributed by atoms with Gasteiger partial charge in [0, 0.05) is 44.7 Å². The van der Waals surface area contributed by atoms with Crippen molar-refractivity contribution in [3.63, 3.8) is 0 Å². The van der Waals surface area contributed by atoms with Gasteiger partial charge in [0.05, 0.1) is 18.2 Å². The van der Waals surface area contributed by atoms with Crippen LogP contribution in [0.25, 0.3) is 10.9 Å². The number of aromatic nitrogens is 2. The number of fused-ring (bicyclic) bond motifs is 1. The van der Waals surface area contributed by atoms with Crippen LogP contribution in [-0.2, 0) is 9.47 Å². The average molecular weight is 385 g/mol. The smallest absolute Gasteiger partial charge is 0.409 e. The van der Waals surface area contributed by atoms with Crippen molar-refractivity contribution < 1.29 is 14.3 Å². The fourth-order valence-corrected chi connectivity index (χ4v) is 3.66. The summed E-state index contributed by atoms with van der Waals surface area (Å²) >= 11 is 0. The van der Waals surface area contributed by atoms with Gasteiger partial charge in [-0.3, -0.25) is 0 Å². The molecule has 1 amide bonds. The first-order valence-corrected chi connectivity index (χ1v) is 10.0. The molecule has 0 bridgehead atoms. The van der Waals surface area contributed by atoms with E-state index in [-0.39, 0.29) is 12.2 Å². The monoisotopic (exact) mass is 385 g/mol. The Bertz CT molecular complexity index is 817. The fourth-order valence-electron chi connectivity index (χ4n) is 3.66. The van der Waals surface area contributed by atoms with Crippen molar-refractivity contribution in [2.24, 2.45) is 0 Å². The number of carbonyl (C=O) groups excluding carboxylic acids is 1. The molecule has 2 saturated heterocycles. The van der Waals surface area contributed by atoms with Crippen LogP contribution in [0.5, 0.6) is 0 Å². The van der Waals surface area contributed by atoms with Gasteiger partial charge in [-0.1, -0.05) is 12.1 Å². The fraction of sp³-hybridized carbons (Fsp3) is 0.550. The van der Waals surface area contributed by atoms with Gasteiger partial charge in [0.1, 0.15) is 5.82 Å². The zero-order valence-electron chi connectivity index (χ0n) is 16.3. The number of amides is 1. The van der Waals surface area contributed by atoms with Gasteiger partial charge in [-0.05, 0) is 31.9 Å². The molecule has 2 aliphatic heterocycles. The minimum Gasteiger partial charge on any atom is -0.450 e. The Morgan fingerprint density at radius 3 is 2.82 bits per heavy atom. The van der Waals surface area contributed by atoms with Crippen molar-refractivity contribution in [3.05, 3.63) is 24.3 Å². The molecule has 28 heavy (non-hydrogen) atoms. The summed E-state index contributed by atoms with van der Waals surface area (Å²) in [6.45, 7) is 6.38. The zero-order chi connectivity index (χ0) is 19.3. The third-order valence-corrected chi connectivity index (χ3v) is 5.20. The first-order chi connectivity index (χ1) is 13.7. The second-order valence-electron chi connectivity index (χ2n) is 7.08. The summed E-state index contributed by atoms with van der Waals surface area (Å²) < 4.78 is 10.8. The highest BCUT2D eigenvalue weighted by molar-refractivity contribution is 5.90. The van der Waals surface area contributed by atoms with E-state index >= 15 is 0 Å². The molecular formula is C20H27N5O3. The molecule has 2 fully saturated rings. The van der Waals surface area contributed by atoms with Gasteiger partial charge in [-0.15, -0.1) is 0 Å². The minimum atomic E-state index is -0.250. The molecule has 2 aliphatic rings. The van der Waals surface area contributed by atoms with Gasteiger partial charge in [-0.25, -0.2) is 9.78 Å². The maximum Gasteiger partial charge on any atom is 0.409 e. The third-order valence-electron chi connectivity index (χ3n) is 5.20. The van der Waals surface area contributed by atoms with Gasteiger partial charge in [0.15, 0.2) is 0 Å². The molecule has 8 heteroatoms. The summed E-state index contributed by atoms with van der Waals surface area (Å²) in [7, 11) is 0. The number of hydrogen-bond acceptors (Lipinski definition) is 7. The molecule has 0 spiro atoms. The first-order valence-electron chi connectivity index (χ1n) is 10.0. The van der Waals surface area contributed by atoms with Crippen LogP contribution in [0.1, 0.15) is 19.8 Å². The number of carbonyl (C=O) groups is 1. The molecule has 2 aromatic rings. The summed E-state index contributed by atoms with van der Waals surface area (Å²) in [6.07, 6.45) is 2.19. The Morgan fingerprint density at radius 2 is 2.07 bits per heavy atom. The first kappa shape index (κ1) is 18.7. The lowest BCUT2D eigenvalue weighted by Crippen LogP contribution is -2.49. The SMILES string of the molecule is CCOC(=O)N1CCN(c2nc(NC[C@@H]3CCCO3)c3ccccc3n2)CC1. The lowest BCUT2D eigenvalue weighted by molar-refractivity contribution is 0.105. The molecular weight excluding hydrogens is 358 g/mol. The van der Waals surface area contributed by atoms with Crippen LogP contribution >= 0.6 is 0 Å². The van der Waals surface area contributed by atoms with Crippen LogP contribution in [0.15, 0.2) is 24.3 Å². The quantitative estimate of drug-likeness (QED) is 0.847. The lowest BCUT2D eigenvalue weighted by Gasteiger charge is -2.34. The normalized spacial score (nSPS) is 19.8. The van der Waals surface area contributed by atoms with E-state index in [0.29, 0.717) is 38.7 Å². The summed E-state index contributed by atoms with van der Waals surface area (Å²) in [5.74, 6) is 1.53. The molecule has 1 aromatic carbocycles. The molecule has 0 unspecified atom stereocenters. The van der Waals surface area contributed by atoms with Crippen LogP contribution in [0.3, 0.4) is 0 Å². The molecule has 150 valence electrons. The van der Waals surface area contributed by atoms with Gasteiger partial charge >= 0.3 is 6.09 Å². The molecule has 0 saturated carbocycles. The van der Waals surface area contributed by atoms with Crippen LogP contribution in [-0.4, -0.2) is 73.0 Å². The summed E-state index contributed by atoms with van der Waals surface area (Å²) in [5, 5.41) is 4.47. The predicted octanol–water partition coefficient (Wildman–Crippen LogP) is 2.50. The Labute approximate surface area is 164 Å². The number of benzene rings is 1. The van der Waals surface area contributed by atoms with Crippen molar-refractivity contribution in [2.45, 2.75) is 25.9 Å². The standard InChI is InChI=1S/C20H27N5O3/c1-2-27-20(26)25-11-9-24(10-12-25)19-22-17-8-4-3-7-16(17)18(23-19)21-14-15-6-5-13-28-15/h3-4,7-8,15H,2,5-6,9-14H2,1H3,(H,21,22,23)/t15-/m0/s1. The van der Waals surface area contributed by atoms with Crippen molar-refractivity contribution in [2.75, 3.05) is 56.2 Å². The molecule has 1 N–H and O–H groups in total. The zero-order valence-corrected chi connectivity index (χ0v) is 16.3. The molecule has 1 aromatic heterocycles. The van der Waals surface area contributed by atoms with E-state index in [1.807, 2.05) is 31.2 Å². The number of piperazine rings is 1. The molecule has 3 heterocycles. The minimum absolute atomic E-state index is 0.241. The summed E-state index contributed by atoms with van der Waals surface area (Å²) in [4.78, 5) is 25.3. The average Bonchev–Trinajstić information content (AvgIpc) is 3.26.